The van der Waals surface area contributed by atoms with E-state index in [4.69, 9.17) is 4.74 Å². The fourth-order valence-corrected chi connectivity index (χ4v) is 3.31. The zero-order valence-corrected chi connectivity index (χ0v) is 12.9. The number of amides is 2. The molecule has 0 radical (unpaired) electrons. The number of piperazine rings is 1. The van der Waals surface area contributed by atoms with Gasteiger partial charge in [0.2, 0.25) is 11.8 Å². The van der Waals surface area contributed by atoms with E-state index >= 15 is 0 Å². The molecule has 2 atom stereocenters. The molecule has 2 fully saturated rings. The van der Waals surface area contributed by atoms with Gasteiger partial charge in [-0.15, -0.1) is 0 Å². The van der Waals surface area contributed by atoms with Crippen molar-refractivity contribution < 1.29 is 14.3 Å². The van der Waals surface area contributed by atoms with Crippen molar-refractivity contribution in [3.8, 4) is 0 Å². The highest BCUT2D eigenvalue weighted by atomic mass is 16.5. The molecule has 2 aliphatic heterocycles. The van der Waals surface area contributed by atoms with Gasteiger partial charge in [-0.05, 0) is 46.0 Å². The molecule has 20 heavy (non-hydrogen) atoms. The summed E-state index contributed by atoms with van der Waals surface area (Å²) in [5, 5.41) is 2.84. The molecule has 2 rings (SSSR count). The van der Waals surface area contributed by atoms with Gasteiger partial charge >= 0.3 is 0 Å². The highest BCUT2D eigenvalue weighted by molar-refractivity contribution is 5.99. The number of nitrogens with one attached hydrogen (secondary N) is 1. The molecular weight excluding hydrogens is 256 g/mol. The maximum Gasteiger partial charge on any atom is 0.248 e. The van der Waals surface area contributed by atoms with Gasteiger partial charge < -0.3 is 15.0 Å². The number of carbonyl (C=O) groups excluding carboxylic acids is 2. The molecule has 0 aliphatic carbocycles. The second-order valence-corrected chi connectivity index (χ2v) is 6.44. The van der Waals surface area contributed by atoms with Gasteiger partial charge in [-0.25, -0.2) is 0 Å². The normalized spacial score (nSPS) is 29.2. The van der Waals surface area contributed by atoms with Crippen LogP contribution in [-0.2, 0) is 14.3 Å². The number of ether oxygens (including phenoxy) is 1. The standard InChI is InChI=1S/C15H26N2O3/c1-5-12-13(18)16-15(3,4)14(19)17(12)10(2)11-6-8-20-9-7-11/h10-12H,5-9H2,1-4H3,(H,16,18). The molecule has 2 saturated heterocycles. The number of hydrogen-bond acceptors (Lipinski definition) is 3. The van der Waals surface area contributed by atoms with Crippen molar-refractivity contribution in [2.75, 3.05) is 13.2 Å². The lowest BCUT2D eigenvalue weighted by Gasteiger charge is -2.47. The van der Waals surface area contributed by atoms with E-state index in [2.05, 4.69) is 12.2 Å². The second kappa shape index (κ2) is 5.72. The molecule has 2 heterocycles. The van der Waals surface area contributed by atoms with Crippen molar-refractivity contribution in [2.24, 2.45) is 5.92 Å². The van der Waals surface area contributed by atoms with Crippen LogP contribution in [0, 0.1) is 5.92 Å². The van der Waals surface area contributed by atoms with Gasteiger partial charge in [0.15, 0.2) is 0 Å². The highest BCUT2D eigenvalue weighted by Gasteiger charge is 2.47. The Bertz CT molecular complexity index is 389. The average molecular weight is 282 g/mol. The van der Waals surface area contributed by atoms with Gasteiger partial charge in [-0.3, -0.25) is 9.59 Å². The molecule has 5 nitrogen and oxygen atoms in total. The van der Waals surface area contributed by atoms with Crippen LogP contribution in [0.2, 0.25) is 0 Å². The zero-order valence-electron chi connectivity index (χ0n) is 12.9. The molecule has 114 valence electrons. The molecule has 1 N–H and O–H groups in total. The molecule has 2 amide bonds. The minimum absolute atomic E-state index is 0.0305. The summed E-state index contributed by atoms with van der Waals surface area (Å²) < 4.78 is 5.40. The Morgan fingerprint density at radius 2 is 1.95 bits per heavy atom. The van der Waals surface area contributed by atoms with Gasteiger partial charge in [-0.1, -0.05) is 6.92 Å². The Hall–Kier alpha value is -1.10. The minimum Gasteiger partial charge on any atom is -0.381 e. The molecule has 0 bridgehead atoms. The Labute approximate surface area is 121 Å². The Morgan fingerprint density at radius 1 is 1.35 bits per heavy atom. The van der Waals surface area contributed by atoms with E-state index in [9.17, 15) is 9.59 Å². The van der Waals surface area contributed by atoms with E-state index in [1.807, 2.05) is 11.8 Å². The molecule has 0 aromatic heterocycles. The van der Waals surface area contributed by atoms with Gasteiger partial charge in [0.1, 0.15) is 11.6 Å². The topological polar surface area (TPSA) is 58.6 Å². The first-order valence-electron chi connectivity index (χ1n) is 7.61. The SMILES string of the molecule is CCC1C(=O)NC(C)(C)C(=O)N1C(C)C1CCOCC1. The zero-order chi connectivity index (χ0) is 14.9. The summed E-state index contributed by atoms with van der Waals surface area (Å²) in [7, 11) is 0. The van der Waals surface area contributed by atoms with E-state index in [0.29, 0.717) is 12.3 Å². The molecular formula is C15H26N2O3. The highest BCUT2D eigenvalue weighted by Crippen LogP contribution is 2.29. The predicted octanol–water partition coefficient (Wildman–Crippen LogP) is 1.32. The van der Waals surface area contributed by atoms with Gasteiger partial charge in [0.25, 0.3) is 0 Å². The molecule has 5 heteroatoms. The van der Waals surface area contributed by atoms with Crippen molar-refractivity contribution >= 4 is 11.8 Å². The first-order chi connectivity index (χ1) is 9.38. The first kappa shape index (κ1) is 15.3. The lowest BCUT2D eigenvalue weighted by Crippen LogP contribution is -2.70. The van der Waals surface area contributed by atoms with Crippen LogP contribution >= 0.6 is 0 Å². The summed E-state index contributed by atoms with van der Waals surface area (Å²) in [6.07, 6.45) is 2.58. The van der Waals surface area contributed by atoms with E-state index < -0.39 is 5.54 Å². The fraction of sp³-hybridized carbons (Fsp3) is 0.867. The third-order valence-electron chi connectivity index (χ3n) is 4.62. The largest absolute Gasteiger partial charge is 0.381 e. The molecule has 0 saturated carbocycles. The van der Waals surface area contributed by atoms with E-state index in [-0.39, 0.29) is 23.9 Å². The van der Waals surface area contributed by atoms with Crippen LogP contribution in [0.25, 0.3) is 0 Å². The second-order valence-electron chi connectivity index (χ2n) is 6.44. The predicted molar refractivity (Wildman–Crippen MR) is 76.2 cm³/mol. The van der Waals surface area contributed by atoms with Crippen molar-refractivity contribution in [3.63, 3.8) is 0 Å². The van der Waals surface area contributed by atoms with Crippen molar-refractivity contribution in [2.45, 2.75) is 64.6 Å². The monoisotopic (exact) mass is 282 g/mol. The smallest absolute Gasteiger partial charge is 0.248 e. The first-order valence-corrected chi connectivity index (χ1v) is 7.61. The summed E-state index contributed by atoms with van der Waals surface area (Å²) in [5.41, 5.74) is -0.803. The minimum atomic E-state index is -0.803. The van der Waals surface area contributed by atoms with E-state index in [1.54, 1.807) is 13.8 Å². The fourth-order valence-electron chi connectivity index (χ4n) is 3.31. The van der Waals surface area contributed by atoms with Crippen LogP contribution in [0.1, 0.15) is 47.0 Å². The third-order valence-corrected chi connectivity index (χ3v) is 4.62. The summed E-state index contributed by atoms with van der Waals surface area (Å²) in [6.45, 7) is 9.10. The van der Waals surface area contributed by atoms with Crippen LogP contribution in [0.5, 0.6) is 0 Å². The van der Waals surface area contributed by atoms with E-state index in [0.717, 1.165) is 26.1 Å². The van der Waals surface area contributed by atoms with Crippen molar-refractivity contribution in [1.82, 2.24) is 10.2 Å². The van der Waals surface area contributed by atoms with Crippen LogP contribution in [-0.4, -0.2) is 47.6 Å². The maximum absolute atomic E-state index is 12.7. The number of rotatable bonds is 3. The average Bonchev–Trinajstić information content (AvgIpc) is 2.42. The number of carbonyl (C=O) groups is 2. The van der Waals surface area contributed by atoms with Gasteiger partial charge in [-0.2, -0.15) is 0 Å². The number of nitrogens with zero attached hydrogens (tertiary/aromatic N) is 1. The Morgan fingerprint density at radius 3 is 2.50 bits per heavy atom. The van der Waals surface area contributed by atoms with Crippen LogP contribution in [0.3, 0.4) is 0 Å². The van der Waals surface area contributed by atoms with Crippen LogP contribution < -0.4 is 5.32 Å². The Balaban J connectivity index is 2.23. The van der Waals surface area contributed by atoms with Crippen LogP contribution in [0.4, 0.5) is 0 Å². The summed E-state index contributed by atoms with van der Waals surface area (Å²) in [4.78, 5) is 26.8. The van der Waals surface area contributed by atoms with Crippen molar-refractivity contribution in [1.29, 1.82) is 0 Å². The summed E-state index contributed by atoms with van der Waals surface area (Å²) in [5.74, 6) is 0.419. The summed E-state index contributed by atoms with van der Waals surface area (Å²) in [6, 6.07) is -0.255. The molecule has 2 aliphatic rings. The molecule has 2 unspecified atom stereocenters. The Kier molecular flexibility index (Phi) is 4.37. The lowest BCUT2D eigenvalue weighted by atomic mass is 9.87. The number of hydrogen-bond donors (Lipinski definition) is 1. The molecule has 0 spiro atoms. The molecule has 0 aromatic carbocycles. The third kappa shape index (κ3) is 2.68. The van der Waals surface area contributed by atoms with Gasteiger partial charge in [0.05, 0.1) is 0 Å². The molecule has 0 aromatic rings. The van der Waals surface area contributed by atoms with E-state index in [1.165, 1.54) is 0 Å². The van der Waals surface area contributed by atoms with Crippen LogP contribution in [0.15, 0.2) is 0 Å². The van der Waals surface area contributed by atoms with Gasteiger partial charge in [0, 0.05) is 19.3 Å². The maximum atomic E-state index is 12.7. The summed E-state index contributed by atoms with van der Waals surface area (Å²) >= 11 is 0. The quantitative estimate of drug-likeness (QED) is 0.849. The van der Waals surface area contributed by atoms with Crippen molar-refractivity contribution in [3.05, 3.63) is 0 Å². The lowest BCUT2D eigenvalue weighted by molar-refractivity contribution is -0.158.